The second-order valence-corrected chi connectivity index (χ2v) is 8.73. The van der Waals surface area contributed by atoms with E-state index in [1.807, 2.05) is 55.4 Å². The maximum absolute atomic E-state index is 11.6. The average molecular weight is 597 g/mol. The van der Waals surface area contributed by atoms with Gasteiger partial charge in [0.05, 0.1) is 0 Å². The van der Waals surface area contributed by atoms with Gasteiger partial charge in [-0.2, -0.15) is 0 Å². The van der Waals surface area contributed by atoms with Crippen molar-refractivity contribution in [3.05, 3.63) is 46.6 Å². The van der Waals surface area contributed by atoms with Crippen molar-refractivity contribution < 1.29 is 19.2 Å². The van der Waals surface area contributed by atoms with Gasteiger partial charge in [-0.05, 0) is 55.4 Å². The standard InChI is InChI=1S/2C10H15N3O.2C3H7NO.4CH4/c2*1-6(2)13-10(14)9-7(3)8(4)11-5-12-9;2*1-3(5)4-2;;;;/h2*5-6H,1-4H3,(H,13,14);2*1-2H3,(H,4,5);4*1H4. The molecule has 0 aliphatic rings. The molecule has 0 spiro atoms. The van der Waals surface area contributed by atoms with Crippen LogP contribution in [0.25, 0.3) is 0 Å². The van der Waals surface area contributed by atoms with Crippen LogP contribution in [-0.2, 0) is 9.59 Å². The fourth-order valence-electron chi connectivity index (χ4n) is 2.20. The third-order valence-electron chi connectivity index (χ3n) is 4.65. The summed E-state index contributed by atoms with van der Waals surface area (Å²) in [6, 6.07) is 0.245. The van der Waals surface area contributed by atoms with Crippen LogP contribution in [0.4, 0.5) is 0 Å². The lowest BCUT2D eigenvalue weighted by Gasteiger charge is -2.09. The number of hydrogen-bond acceptors (Lipinski definition) is 8. The number of aryl methyl sites for hydroxylation is 2. The SMILES string of the molecule is C.C.C.C.CNC(C)=O.CNC(C)=O.Cc1ncnc(C(=O)NC(C)C)c1C.Cc1ncnc(C(=O)NC(C)C)c1C. The summed E-state index contributed by atoms with van der Waals surface area (Å²) < 4.78 is 0. The number of aromatic nitrogens is 4. The molecule has 0 fully saturated rings. The highest BCUT2D eigenvalue weighted by Crippen LogP contribution is 2.07. The van der Waals surface area contributed by atoms with Crippen molar-refractivity contribution in [2.75, 3.05) is 14.1 Å². The molecule has 2 aromatic rings. The van der Waals surface area contributed by atoms with Gasteiger partial charge in [0.2, 0.25) is 11.8 Å². The minimum Gasteiger partial charge on any atom is -0.359 e. The molecule has 0 saturated carbocycles. The predicted octanol–water partition coefficient (Wildman–Crippen LogP) is 4.51. The molecule has 0 aromatic carbocycles. The van der Waals surface area contributed by atoms with Crippen molar-refractivity contribution in [2.45, 2.75) is 111 Å². The maximum atomic E-state index is 11.6. The van der Waals surface area contributed by atoms with E-state index in [0.717, 1.165) is 22.5 Å². The third kappa shape index (κ3) is 22.8. The van der Waals surface area contributed by atoms with Crippen LogP contribution in [0.2, 0.25) is 0 Å². The maximum Gasteiger partial charge on any atom is 0.270 e. The Balaban J connectivity index is -0.000000109. The molecule has 0 unspecified atom stereocenters. The van der Waals surface area contributed by atoms with E-state index in [1.165, 1.54) is 26.5 Å². The number of carbonyl (C=O) groups is 4. The summed E-state index contributed by atoms with van der Waals surface area (Å²) in [6.07, 6.45) is 2.83. The molecule has 4 N–H and O–H groups in total. The van der Waals surface area contributed by atoms with Gasteiger partial charge in [-0.1, -0.05) is 29.7 Å². The van der Waals surface area contributed by atoms with Crippen LogP contribution >= 0.6 is 0 Å². The molecule has 0 aliphatic carbocycles. The molecule has 2 aromatic heterocycles. The molecule has 0 atom stereocenters. The van der Waals surface area contributed by atoms with Crippen molar-refractivity contribution in [3.63, 3.8) is 0 Å². The van der Waals surface area contributed by atoms with E-state index in [0.29, 0.717) is 11.4 Å². The number of nitrogens with zero attached hydrogens (tertiary/aromatic N) is 4. The van der Waals surface area contributed by atoms with Crippen molar-refractivity contribution in [1.82, 2.24) is 41.2 Å². The topological polar surface area (TPSA) is 168 Å². The molecule has 0 aliphatic heterocycles. The van der Waals surface area contributed by atoms with Crippen LogP contribution in [-0.4, -0.2) is 69.7 Å². The molecular formula is C30H60N8O4. The van der Waals surface area contributed by atoms with Crippen LogP contribution < -0.4 is 21.3 Å². The largest absolute Gasteiger partial charge is 0.359 e. The zero-order valence-electron chi connectivity index (χ0n) is 24.7. The molecule has 4 amide bonds. The van der Waals surface area contributed by atoms with Gasteiger partial charge in [-0.25, -0.2) is 19.9 Å². The first-order valence-electron chi connectivity index (χ1n) is 12.1. The Morgan fingerprint density at radius 1 is 0.571 bits per heavy atom. The minimum atomic E-state index is -0.136. The summed E-state index contributed by atoms with van der Waals surface area (Å²) in [6.45, 7) is 18.0. The third-order valence-corrected chi connectivity index (χ3v) is 4.65. The Hall–Kier alpha value is -3.96. The Morgan fingerprint density at radius 3 is 1.00 bits per heavy atom. The first-order valence-corrected chi connectivity index (χ1v) is 12.1. The van der Waals surface area contributed by atoms with Crippen molar-refractivity contribution in [3.8, 4) is 0 Å². The number of amides is 4. The highest BCUT2D eigenvalue weighted by atomic mass is 16.2. The Morgan fingerprint density at radius 2 is 0.810 bits per heavy atom. The zero-order chi connectivity index (χ0) is 30.0. The van der Waals surface area contributed by atoms with Gasteiger partial charge in [0.1, 0.15) is 24.0 Å². The Labute approximate surface area is 255 Å². The van der Waals surface area contributed by atoms with Gasteiger partial charge < -0.3 is 21.3 Å². The molecular weight excluding hydrogens is 536 g/mol. The van der Waals surface area contributed by atoms with E-state index < -0.39 is 0 Å². The smallest absolute Gasteiger partial charge is 0.270 e. The Kier molecular flexibility index (Phi) is 33.0. The molecule has 0 saturated heterocycles. The summed E-state index contributed by atoms with van der Waals surface area (Å²) in [7, 11) is 3.20. The molecule has 2 rings (SSSR count). The second kappa shape index (κ2) is 27.2. The quantitative estimate of drug-likeness (QED) is 0.400. The van der Waals surface area contributed by atoms with Crippen LogP contribution in [0.3, 0.4) is 0 Å². The number of nitrogens with one attached hydrogen (secondary N) is 4. The van der Waals surface area contributed by atoms with Crippen molar-refractivity contribution >= 4 is 23.6 Å². The Bertz CT molecular complexity index is 974. The van der Waals surface area contributed by atoms with Gasteiger partial charge in [-0.15, -0.1) is 0 Å². The summed E-state index contributed by atoms with van der Waals surface area (Å²) >= 11 is 0. The fourth-order valence-corrected chi connectivity index (χ4v) is 2.20. The predicted molar refractivity (Wildman–Crippen MR) is 175 cm³/mol. The summed E-state index contributed by atoms with van der Waals surface area (Å²) in [4.78, 5) is 58.6. The first kappa shape index (κ1) is 50.8. The minimum absolute atomic E-state index is 0. The fraction of sp³-hybridized carbons (Fsp3) is 0.600. The van der Waals surface area contributed by atoms with Gasteiger partial charge in [0.15, 0.2) is 0 Å². The lowest BCUT2D eigenvalue weighted by Crippen LogP contribution is -2.31. The second-order valence-electron chi connectivity index (χ2n) is 8.73. The van der Waals surface area contributed by atoms with E-state index in [1.54, 1.807) is 14.1 Å². The van der Waals surface area contributed by atoms with Crippen molar-refractivity contribution in [2.24, 2.45) is 0 Å². The monoisotopic (exact) mass is 596 g/mol. The van der Waals surface area contributed by atoms with E-state index in [-0.39, 0.29) is 65.4 Å². The van der Waals surface area contributed by atoms with Gasteiger partial charge >= 0.3 is 0 Å². The summed E-state index contributed by atoms with van der Waals surface area (Å²) in [5.41, 5.74) is 4.29. The number of rotatable bonds is 4. The lowest BCUT2D eigenvalue weighted by atomic mass is 10.2. The van der Waals surface area contributed by atoms with Crippen LogP contribution in [0.15, 0.2) is 12.7 Å². The van der Waals surface area contributed by atoms with Gasteiger partial charge in [0, 0.05) is 62.5 Å². The van der Waals surface area contributed by atoms with E-state index in [2.05, 4.69) is 41.2 Å². The van der Waals surface area contributed by atoms with Crippen LogP contribution in [0.1, 0.15) is 115 Å². The molecule has 2 heterocycles. The van der Waals surface area contributed by atoms with Crippen LogP contribution in [0, 0.1) is 27.7 Å². The molecule has 0 radical (unpaired) electrons. The molecule has 244 valence electrons. The average Bonchev–Trinajstić information content (AvgIpc) is 2.82. The van der Waals surface area contributed by atoms with Crippen molar-refractivity contribution in [1.29, 1.82) is 0 Å². The molecule has 12 nitrogen and oxygen atoms in total. The van der Waals surface area contributed by atoms with Gasteiger partial charge in [0.25, 0.3) is 11.8 Å². The zero-order valence-corrected chi connectivity index (χ0v) is 24.7. The van der Waals surface area contributed by atoms with E-state index in [4.69, 9.17) is 0 Å². The van der Waals surface area contributed by atoms with E-state index in [9.17, 15) is 19.2 Å². The summed E-state index contributed by atoms with van der Waals surface area (Å²) in [5.74, 6) is -0.263. The first-order chi connectivity index (χ1) is 17.6. The van der Waals surface area contributed by atoms with Crippen LogP contribution in [0.5, 0.6) is 0 Å². The molecule has 42 heavy (non-hydrogen) atoms. The highest BCUT2D eigenvalue weighted by Gasteiger charge is 2.13. The highest BCUT2D eigenvalue weighted by molar-refractivity contribution is 5.94. The normalized spacial score (nSPS) is 8.52. The number of carbonyl (C=O) groups excluding carboxylic acids is 4. The molecule has 12 heteroatoms. The molecule has 0 bridgehead atoms. The summed E-state index contributed by atoms with van der Waals surface area (Å²) in [5, 5.41) is 10.4. The van der Waals surface area contributed by atoms with Gasteiger partial charge in [-0.3, -0.25) is 19.2 Å². The lowest BCUT2D eigenvalue weighted by molar-refractivity contribution is -0.119. The number of hydrogen-bond donors (Lipinski definition) is 4. The van der Waals surface area contributed by atoms with E-state index >= 15 is 0 Å².